The fraction of sp³-hybridized carbons (Fsp3) is 0.143. The molecule has 1 heterocycles. The van der Waals surface area contributed by atoms with Crippen molar-refractivity contribution in [3.63, 3.8) is 0 Å². The predicted octanol–water partition coefficient (Wildman–Crippen LogP) is 2.58. The number of amidine groups is 1. The Balaban J connectivity index is 2.43. The molecule has 0 unspecified atom stereocenters. The van der Waals surface area contributed by atoms with Gasteiger partial charge in [-0.2, -0.15) is 0 Å². The first kappa shape index (κ1) is 13.0. The van der Waals surface area contributed by atoms with E-state index in [0.29, 0.717) is 17.1 Å². The largest absolute Gasteiger partial charge is 0.384 e. The van der Waals surface area contributed by atoms with E-state index < -0.39 is 0 Å². The molecule has 0 saturated carbocycles. The lowest BCUT2D eigenvalue weighted by Crippen LogP contribution is -2.16. The van der Waals surface area contributed by atoms with Crippen LogP contribution in [0.4, 0.5) is 15.9 Å². The number of nitrogens with two attached hydrogens (primary N) is 1. The average Bonchev–Trinajstić information content (AvgIpc) is 2.37. The Morgan fingerprint density at radius 3 is 2.68 bits per heavy atom. The lowest BCUT2D eigenvalue weighted by Gasteiger charge is -2.19. The molecule has 1 aromatic carbocycles. The van der Waals surface area contributed by atoms with Gasteiger partial charge in [0.15, 0.2) is 0 Å². The zero-order valence-corrected chi connectivity index (χ0v) is 10.8. The van der Waals surface area contributed by atoms with E-state index in [9.17, 15) is 4.39 Å². The summed E-state index contributed by atoms with van der Waals surface area (Å²) < 4.78 is 13.2. The van der Waals surface area contributed by atoms with Crippen molar-refractivity contribution < 1.29 is 4.39 Å². The number of aryl methyl sites for hydroxylation is 1. The number of pyridine rings is 1. The average molecular weight is 258 g/mol. The normalized spacial score (nSPS) is 10.3. The van der Waals surface area contributed by atoms with E-state index in [1.807, 2.05) is 6.92 Å². The Morgan fingerprint density at radius 2 is 2.05 bits per heavy atom. The summed E-state index contributed by atoms with van der Waals surface area (Å²) in [6.07, 6.45) is 0. The molecule has 4 nitrogen and oxygen atoms in total. The smallest absolute Gasteiger partial charge is 0.133 e. The van der Waals surface area contributed by atoms with Gasteiger partial charge in [-0.15, -0.1) is 0 Å². The first-order chi connectivity index (χ1) is 8.97. The van der Waals surface area contributed by atoms with Gasteiger partial charge in [-0.05, 0) is 37.3 Å². The fourth-order valence-corrected chi connectivity index (χ4v) is 1.80. The zero-order valence-electron chi connectivity index (χ0n) is 10.8. The number of aromatic nitrogens is 1. The maximum absolute atomic E-state index is 13.2. The van der Waals surface area contributed by atoms with Crippen LogP contribution in [-0.4, -0.2) is 17.9 Å². The molecule has 5 heteroatoms. The summed E-state index contributed by atoms with van der Waals surface area (Å²) >= 11 is 0. The summed E-state index contributed by atoms with van der Waals surface area (Å²) in [7, 11) is 1.79. The van der Waals surface area contributed by atoms with E-state index in [1.165, 1.54) is 12.1 Å². The van der Waals surface area contributed by atoms with Gasteiger partial charge >= 0.3 is 0 Å². The molecule has 19 heavy (non-hydrogen) atoms. The van der Waals surface area contributed by atoms with Crippen LogP contribution in [0.1, 0.15) is 11.3 Å². The highest BCUT2D eigenvalue weighted by molar-refractivity contribution is 5.95. The molecular weight excluding hydrogens is 243 g/mol. The van der Waals surface area contributed by atoms with Crippen molar-refractivity contribution in [2.45, 2.75) is 6.92 Å². The van der Waals surface area contributed by atoms with Crippen LogP contribution in [0.25, 0.3) is 0 Å². The second-order valence-corrected chi connectivity index (χ2v) is 4.31. The monoisotopic (exact) mass is 258 g/mol. The van der Waals surface area contributed by atoms with Gasteiger partial charge in [0.1, 0.15) is 17.5 Å². The first-order valence-corrected chi connectivity index (χ1v) is 5.80. The summed E-state index contributed by atoms with van der Waals surface area (Å²) in [5, 5.41) is 7.48. The molecule has 0 atom stereocenters. The van der Waals surface area contributed by atoms with Gasteiger partial charge in [0, 0.05) is 24.0 Å². The lowest BCUT2D eigenvalue weighted by atomic mass is 10.2. The number of hydrogen-bond donors (Lipinski definition) is 2. The van der Waals surface area contributed by atoms with Crippen LogP contribution >= 0.6 is 0 Å². The molecule has 0 saturated heterocycles. The van der Waals surface area contributed by atoms with Crippen LogP contribution in [0.2, 0.25) is 0 Å². The van der Waals surface area contributed by atoms with Crippen molar-refractivity contribution >= 4 is 17.3 Å². The molecule has 0 aliphatic carbocycles. The Bertz CT molecular complexity index is 625. The van der Waals surface area contributed by atoms with E-state index in [-0.39, 0.29) is 11.7 Å². The highest BCUT2D eigenvalue weighted by atomic mass is 19.1. The molecule has 0 aliphatic heterocycles. The summed E-state index contributed by atoms with van der Waals surface area (Å²) in [6, 6.07) is 9.70. The van der Waals surface area contributed by atoms with Crippen LogP contribution in [0, 0.1) is 18.2 Å². The minimum atomic E-state index is -0.302. The van der Waals surface area contributed by atoms with Crippen LogP contribution in [0.15, 0.2) is 36.4 Å². The highest BCUT2D eigenvalue weighted by Crippen LogP contribution is 2.23. The van der Waals surface area contributed by atoms with Gasteiger partial charge in [0.05, 0.1) is 0 Å². The highest BCUT2D eigenvalue weighted by Gasteiger charge is 2.09. The van der Waals surface area contributed by atoms with Crippen LogP contribution < -0.4 is 10.6 Å². The topological polar surface area (TPSA) is 66.0 Å². The second-order valence-electron chi connectivity index (χ2n) is 4.31. The number of nitrogen functional groups attached to an aromatic ring is 1. The summed E-state index contributed by atoms with van der Waals surface area (Å²) in [5.74, 6) is 0.305. The molecule has 0 aliphatic rings. The fourth-order valence-electron chi connectivity index (χ4n) is 1.80. The standard InChI is InChI=1S/C14H15FN4/c1-9-6-10(14(16)17)7-13(18-9)19(2)12-5-3-4-11(15)8-12/h3-8H,1-2H3,(H3,16,17). The first-order valence-electron chi connectivity index (χ1n) is 5.80. The van der Waals surface area contributed by atoms with Crippen molar-refractivity contribution in [1.29, 1.82) is 5.41 Å². The van der Waals surface area contributed by atoms with E-state index in [4.69, 9.17) is 11.1 Å². The van der Waals surface area contributed by atoms with Gasteiger partial charge in [-0.1, -0.05) is 6.07 Å². The van der Waals surface area contributed by atoms with Crippen molar-refractivity contribution in [3.05, 3.63) is 53.5 Å². The third kappa shape index (κ3) is 2.88. The number of hydrogen-bond acceptors (Lipinski definition) is 3. The van der Waals surface area contributed by atoms with Gasteiger partial charge < -0.3 is 10.6 Å². The SMILES string of the molecule is Cc1cc(C(=N)N)cc(N(C)c2cccc(F)c2)n1. The molecule has 0 amide bonds. The van der Waals surface area contributed by atoms with Crippen molar-refractivity contribution in [2.75, 3.05) is 11.9 Å². The second kappa shape index (κ2) is 5.06. The van der Waals surface area contributed by atoms with Gasteiger partial charge in [0.2, 0.25) is 0 Å². The maximum atomic E-state index is 13.2. The molecule has 98 valence electrons. The van der Waals surface area contributed by atoms with Gasteiger partial charge in [0.25, 0.3) is 0 Å². The van der Waals surface area contributed by atoms with Crippen LogP contribution in [-0.2, 0) is 0 Å². The quantitative estimate of drug-likeness (QED) is 0.657. The zero-order chi connectivity index (χ0) is 14.0. The third-order valence-electron chi connectivity index (χ3n) is 2.79. The molecule has 0 fully saturated rings. The molecule has 2 rings (SSSR count). The number of halogens is 1. The molecule has 1 aromatic heterocycles. The van der Waals surface area contributed by atoms with Crippen molar-refractivity contribution in [2.24, 2.45) is 5.73 Å². The summed E-state index contributed by atoms with van der Waals surface area (Å²) in [5.41, 5.74) is 7.54. The third-order valence-corrected chi connectivity index (χ3v) is 2.79. The summed E-state index contributed by atoms with van der Waals surface area (Å²) in [4.78, 5) is 6.13. The van der Waals surface area contributed by atoms with Gasteiger partial charge in [-0.3, -0.25) is 5.41 Å². The molecule has 3 N–H and O–H groups in total. The van der Waals surface area contributed by atoms with Crippen molar-refractivity contribution in [3.8, 4) is 0 Å². The number of benzene rings is 1. The Hall–Kier alpha value is -2.43. The Labute approximate surface area is 111 Å². The minimum absolute atomic E-state index is 0.0145. The number of rotatable bonds is 3. The molecular formula is C14H15FN4. The van der Waals surface area contributed by atoms with Crippen LogP contribution in [0.3, 0.4) is 0 Å². The Morgan fingerprint density at radius 1 is 1.32 bits per heavy atom. The van der Waals surface area contributed by atoms with Crippen molar-refractivity contribution in [1.82, 2.24) is 4.98 Å². The molecule has 2 aromatic rings. The van der Waals surface area contributed by atoms with E-state index in [1.54, 1.807) is 36.2 Å². The number of anilines is 2. The number of nitrogens with one attached hydrogen (secondary N) is 1. The lowest BCUT2D eigenvalue weighted by molar-refractivity contribution is 0.628. The van der Waals surface area contributed by atoms with Gasteiger partial charge in [-0.25, -0.2) is 9.37 Å². The maximum Gasteiger partial charge on any atom is 0.133 e. The Kier molecular flexibility index (Phi) is 3.46. The molecule has 0 bridgehead atoms. The number of nitrogens with zero attached hydrogens (tertiary/aromatic N) is 2. The molecule has 0 radical (unpaired) electrons. The van der Waals surface area contributed by atoms with E-state index in [0.717, 1.165) is 5.69 Å². The predicted molar refractivity (Wildman–Crippen MR) is 74.5 cm³/mol. The van der Waals surface area contributed by atoms with E-state index >= 15 is 0 Å². The summed E-state index contributed by atoms with van der Waals surface area (Å²) in [6.45, 7) is 1.83. The minimum Gasteiger partial charge on any atom is -0.384 e. The molecule has 0 spiro atoms. The van der Waals surface area contributed by atoms with Crippen LogP contribution in [0.5, 0.6) is 0 Å². The van der Waals surface area contributed by atoms with E-state index in [2.05, 4.69) is 4.98 Å².